The van der Waals surface area contributed by atoms with E-state index in [0.29, 0.717) is 12.2 Å². The summed E-state index contributed by atoms with van der Waals surface area (Å²) in [7, 11) is 0. The average molecular weight is 278 g/mol. The summed E-state index contributed by atoms with van der Waals surface area (Å²) in [5.74, 6) is -0.507. The number of aromatic hydroxyl groups is 1. The molecule has 0 atom stereocenters. The van der Waals surface area contributed by atoms with Gasteiger partial charge in [0.05, 0.1) is 0 Å². The molecule has 0 unspecified atom stereocenters. The molecule has 0 aromatic heterocycles. The molecular weight excluding hydrogens is 252 g/mol. The Morgan fingerprint density at radius 3 is 2.25 bits per heavy atom. The van der Waals surface area contributed by atoms with Crippen LogP contribution in [0.4, 0.5) is 0 Å². The molecule has 0 spiro atoms. The van der Waals surface area contributed by atoms with Gasteiger partial charge in [0.1, 0.15) is 5.75 Å². The third-order valence-electron chi connectivity index (χ3n) is 3.39. The zero-order valence-corrected chi connectivity index (χ0v) is 13.2. The second-order valence-corrected chi connectivity index (χ2v) is 7.37. The van der Waals surface area contributed by atoms with Gasteiger partial charge in [-0.05, 0) is 40.9 Å². The normalized spacial score (nSPS) is 12.4. The number of rotatable bonds is 5. The fourth-order valence-corrected chi connectivity index (χ4v) is 2.95. The van der Waals surface area contributed by atoms with Crippen LogP contribution in [0.3, 0.4) is 0 Å². The second-order valence-electron chi connectivity index (χ2n) is 7.37. The van der Waals surface area contributed by atoms with Crippen LogP contribution in [0.1, 0.15) is 58.6 Å². The molecule has 3 heteroatoms. The number of phenolic OH excluding ortho intramolecular Hbond substituents is 1. The molecule has 0 aliphatic heterocycles. The number of hydrogen-bond acceptors (Lipinski definition) is 2. The second kappa shape index (κ2) is 5.86. The summed E-state index contributed by atoms with van der Waals surface area (Å²) in [6, 6.07) is 5.43. The standard InChI is InChI=1S/C17H26O3/c1-16(2,3)11-17(4,5)13-10-12(6-8-14(13)18)7-9-15(19)20/h6,8,10,18H,7,9,11H2,1-5H3,(H,19,20). The molecule has 20 heavy (non-hydrogen) atoms. The van der Waals surface area contributed by atoms with E-state index in [-0.39, 0.29) is 17.3 Å². The Morgan fingerprint density at radius 2 is 1.75 bits per heavy atom. The monoisotopic (exact) mass is 278 g/mol. The van der Waals surface area contributed by atoms with Crippen molar-refractivity contribution in [2.75, 3.05) is 0 Å². The first-order valence-electron chi connectivity index (χ1n) is 7.05. The summed E-state index contributed by atoms with van der Waals surface area (Å²) >= 11 is 0. The summed E-state index contributed by atoms with van der Waals surface area (Å²) in [5.41, 5.74) is 1.87. The van der Waals surface area contributed by atoms with Gasteiger partial charge >= 0.3 is 5.97 Å². The van der Waals surface area contributed by atoms with E-state index in [2.05, 4.69) is 34.6 Å². The fourth-order valence-electron chi connectivity index (χ4n) is 2.95. The lowest BCUT2D eigenvalue weighted by Crippen LogP contribution is -2.25. The van der Waals surface area contributed by atoms with Gasteiger partial charge in [0.25, 0.3) is 0 Å². The smallest absolute Gasteiger partial charge is 0.303 e. The van der Waals surface area contributed by atoms with Crippen LogP contribution in [0.15, 0.2) is 18.2 Å². The van der Waals surface area contributed by atoms with E-state index in [1.165, 1.54) is 0 Å². The average Bonchev–Trinajstić information content (AvgIpc) is 2.24. The lowest BCUT2D eigenvalue weighted by atomic mass is 9.71. The third-order valence-corrected chi connectivity index (χ3v) is 3.39. The molecule has 0 fully saturated rings. The van der Waals surface area contributed by atoms with E-state index in [0.717, 1.165) is 17.5 Å². The molecule has 3 nitrogen and oxygen atoms in total. The van der Waals surface area contributed by atoms with Gasteiger partial charge in [0, 0.05) is 6.42 Å². The molecule has 0 aliphatic rings. The van der Waals surface area contributed by atoms with Gasteiger partial charge in [-0.3, -0.25) is 4.79 Å². The summed E-state index contributed by atoms with van der Waals surface area (Å²) in [5, 5.41) is 18.9. The molecule has 0 heterocycles. The summed E-state index contributed by atoms with van der Waals surface area (Å²) in [6.07, 6.45) is 1.55. The van der Waals surface area contributed by atoms with E-state index < -0.39 is 5.97 Å². The zero-order valence-electron chi connectivity index (χ0n) is 13.2. The first-order chi connectivity index (χ1) is 9.01. The van der Waals surface area contributed by atoms with Crippen LogP contribution in [0.2, 0.25) is 0 Å². The number of benzene rings is 1. The van der Waals surface area contributed by atoms with Crippen LogP contribution in [0.25, 0.3) is 0 Å². The molecule has 1 aromatic carbocycles. The number of aliphatic carboxylic acids is 1. The first-order valence-corrected chi connectivity index (χ1v) is 7.05. The zero-order chi connectivity index (χ0) is 15.6. The molecule has 0 aliphatic carbocycles. The Labute approximate surface area is 121 Å². The number of aryl methyl sites for hydroxylation is 1. The highest BCUT2D eigenvalue weighted by Gasteiger charge is 2.29. The number of phenols is 1. The van der Waals surface area contributed by atoms with Crippen molar-refractivity contribution in [1.82, 2.24) is 0 Å². The van der Waals surface area contributed by atoms with Gasteiger partial charge in [-0.1, -0.05) is 46.8 Å². The third kappa shape index (κ3) is 4.87. The molecule has 1 aromatic rings. The largest absolute Gasteiger partial charge is 0.508 e. The van der Waals surface area contributed by atoms with Crippen LogP contribution < -0.4 is 0 Å². The maximum atomic E-state index is 10.7. The molecule has 112 valence electrons. The molecular formula is C17H26O3. The lowest BCUT2D eigenvalue weighted by molar-refractivity contribution is -0.136. The van der Waals surface area contributed by atoms with E-state index in [1.54, 1.807) is 12.1 Å². The van der Waals surface area contributed by atoms with Crippen LogP contribution in [0, 0.1) is 5.41 Å². The SMILES string of the molecule is CC(C)(C)CC(C)(C)c1cc(CCC(=O)O)ccc1O. The highest BCUT2D eigenvalue weighted by atomic mass is 16.4. The van der Waals surface area contributed by atoms with Crippen LogP contribution >= 0.6 is 0 Å². The van der Waals surface area contributed by atoms with Crippen molar-refractivity contribution in [2.45, 2.75) is 59.3 Å². The number of carbonyl (C=O) groups is 1. The van der Waals surface area contributed by atoms with E-state index >= 15 is 0 Å². The van der Waals surface area contributed by atoms with Crippen molar-refractivity contribution in [1.29, 1.82) is 0 Å². The van der Waals surface area contributed by atoms with Crippen molar-refractivity contribution >= 4 is 5.97 Å². The minimum atomic E-state index is -0.798. The van der Waals surface area contributed by atoms with Gasteiger partial charge < -0.3 is 10.2 Å². The maximum Gasteiger partial charge on any atom is 0.303 e. The quantitative estimate of drug-likeness (QED) is 0.851. The molecule has 0 radical (unpaired) electrons. The molecule has 0 saturated heterocycles. The van der Waals surface area contributed by atoms with Gasteiger partial charge in [-0.15, -0.1) is 0 Å². The summed E-state index contributed by atoms with van der Waals surface area (Å²) in [6.45, 7) is 10.8. The van der Waals surface area contributed by atoms with Gasteiger partial charge in [-0.2, -0.15) is 0 Å². The Balaban J connectivity index is 3.04. The predicted molar refractivity (Wildman–Crippen MR) is 81.2 cm³/mol. The Bertz CT molecular complexity index is 481. The Morgan fingerprint density at radius 1 is 1.15 bits per heavy atom. The highest BCUT2D eigenvalue weighted by Crippen LogP contribution is 2.40. The number of hydrogen-bond donors (Lipinski definition) is 2. The fraction of sp³-hybridized carbons (Fsp3) is 0.588. The molecule has 1 rings (SSSR count). The first kappa shape index (κ1) is 16.5. The molecule has 0 amide bonds. The molecule has 0 bridgehead atoms. The number of carboxylic acid groups (broad SMARTS) is 1. The lowest BCUT2D eigenvalue weighted by Gasteiger charge is -2.33. The minimum absolute atomic E-state index is 0.115. The van der Waals surface area contributed by atoms with Crippen molar-refractivity contribution < 1.29 is 15.0 Å². The summed E-state index contributed by atoms with van der Waals surface area (Å²) < 4.78 is 0. The van der Waals surface area contributed by atoms with Crippen molar-refractivity contribution in [3.63, 3.8) is 0 Å². The highest BCUT2D eigenvalue weighted by molar-refractivity contribution is 5.67. The Hall–Kier alpha value is -1.51. The van der Waals surface area contributed by atoms with Crippen LogP contribution in [-0.2, 0) is 16.6 Å². The van der Waals surface area contributed by atoms with E-state index in [4.69, 9.17) is 5.11 Å². The van der Waals surface area contributed by atoms with Gasteiger partial charge in [-0.25, -0.2) is 0 Å². The predicted octanol–water partition coefficient (Wildman–Crippen LogP) is 4.12. The van der Waals surface area contributed by atoms with E-state index in [9.17, 15) is 9.90 Å². The van der Waals surface area contributed by atoms with Crippen molar-refractivity contribution in [3.05, 3.63) is 29.3 Å². The van der Waals surface area contributed by atoms with Gasteiger partial charge in [0.15, 0.2) is 0 Å². The van der Waals surface area contributed by atoms with Crippen LogP contribution in [0.5, 0.6) is 5.75 Å². The van der Waals surface area contributed by atoms with Crippen LogP contribution in [-0.4, -0.2) is 16.2 Å². The number of carboxylic acids is 1. The van der Waals surface area contributed by atoms with Crippen molar-refractivity contribution in [2.24, 2.45) is 5.41 Å². The molecule has 2 N–H and O–H groups in total. The van der Waals surface area contributed by atoms with E-state index in [1.807, 2.05) is 6.07 Å². The van der Waals surface area contributed by atoms with Gasteiger partial charge in [0.2, 0.25) is 0 Å². The molecule has 0 saturated carbocycles. The maximum absolute atomic E-state index is 10.7. The Kier molecular flexibility index (Phi) is 4.85. The summed E-state index contributed by atoms with van der Waals surface area (Å²) in [4.78, 5) is 10.7. The minimum Gasteiger partial charge on any atom is -0.508 e. The topological polar surface area (TPSA) is 57.5 Å². The van der Waals surface area contributed by atoms with Crippen molar-refractivity contribution in [3.8, 4) is 5.75 Å².